The number of aryl methyl sites for hydroxylation is 1. The van der Waals surface area contributed by atoms with Crippen molar-refractivity contribution in [2.75, 3.05) is 32.3 Å². The second-order valence-electron chi connectivity index (χ2n) is 15.7. The quantitative estimate of drug-likeness (QED) is 0.0981. The van der Waals surface area contributed by atoms with Gasteiger partial charge in [-0.1, -0.05) is 96.2 Å². The molecule has 1 aromatic heterocycles. The average Bonchev–Trinajstić information content (AvgIpc) is 3.83. The zero-order valence-corrected chi connectivity index (χ0v) is 34.1. The van der Waals surface area contributed by atoms with Crippen LogP contribution in [0, 0.1) is 5.92 Å². The van der Waals surface area contributed by atoms with Crippen molar-refractivity contribution in [1.29, 1.82) is 0 Å². The maximum atomic E-state index is 15.1. The van der Waals surface area contributed by atoms with E-state index in [1.54, 1.807) is 14.2 Å². The fraction of sp³-hybridized carbons (Fsp3) is 0.432. The molecule has 6 rings (SSSR count). The first-order valence-electron chi connectivity index (χ1n) is 19.1. The Bertz CT molecular complexity index is 1970. The predicted octanol–water partition coefficient (Wildman–Crippen LogP) is 7.77. The number of fused-ring (bicyclic) bond motifs is 2. The number of nitrogens with zero attached hydrogens (tertiary/aromatic N) is 4. The van der Waals surface area contributed by atoms with Crippen molar-refractivity contribution in [2.45, 2.75) is 89.8 Å². The molecule has 5 atom stereocenters. The Morgan fingerprint density at radius 2 is 1.70 bits per heavy atom. The van der Waals surface area contributed by atoms with E-state index >= 15 is 4.79 Å². The molecule has 2 aliphatic rings. The molecular weight excluding hydrogens is 693 g/mol. The molecule has 1 unspecified atom stereocenters. The fourth-order valence-electron chi connectivity index (χ4n) is 8.71. The van der Waals surface area contributed by atoms with Crippen molar-refractivity contribution < 1.29 is 24.1 Å². The number of benzene rings is 3. The number of anilines is 1. The van der Waals surface area contributed by atoms with E-state index in [4.69, 9.17) is 14.2 Å². The molecule has 3 aromatic carbocycles. The second kappa shape index (κ2) is 16.5. The summed E-state index contributed by atoms with van der Waals surface area (Å²) in [6, 6.07) is 24.3. The van der Waals surface area contributed by atoms with Crippen LogP contribution in [0.5, 0.6) is 11.5 Å². The molecule has 0 aliphatic carbocycles. The van der Waals surface area contributed by atoms with Crippen LogP contribution in [0.3, 0.4) is 0 Å². The van der Waals surface area contributed by atoms with Gasteiger partial charge >= 0.3 is 0 Å². The molecule has 1 spiro atoms. The number of hydrogen-bond donors (Lipinski definition) is 1. The van der Waals surface area contributed by atoms with Crippen LogP contribution >= 0.6 is 0 Å². The second-order valence-corrected chi connectivity index (χ2v) is 20.4. The number of carbonyl (C=O) groups excluding carboxylic acids is 1. The van der Waals surface area contributed by atoms with Crippen molar-refractivity contribution >= 4 is 24.9 Å². The number of rotatable bonds is 15. The molecule has 4 aromatic rings. The number of aromatic nitrogens is 3. The topological polar surface area (TPSA) is 98.9 Å². The predicted molar refractivity (Wildman–Crippen MR) is 217 cm³/mol. The largest absolute Gasteiger partial charge is 0.497 e. The highest BCUT2D eigenvalue weighted by molar-refractivity contribution is 6.91. The summed E-state index contributed by atoms with van der Waals surface area (Å²) in [6.07, 6.45) is 8.68. The summed E-state index contributed by atoms with van der Waals surface area (Å²) in [5, 5.41) is 20.6. The van der Waals surface area contributed by atoms with Crippen LogP contribution in [0.1, 0.15) is 69.7 Å². The molecule has 1 saturated heterocycles. The molecular formula is C44H56N4O5Si. The zero-order chi connectivity index (χ0) is 38.6. The molecule has 10 heteroatoms. The van der Waals surface area contributed by atoms with Crippen LogP contribution in [0.15, 0.2) is 102 Å². The van der Waals surface area contributed by atoms with E-state index in [1.165, 1.54) is 16.3 Å². The van der Waals surface area contributed by atoms with E-state index in [0.717, 1.165) is 41.1 Å². The molecule has 54 heavy (non-hydrogen) atoms. The van der Waals surface area contributed by atoms with Crippen molar-refractivity contribution in [3.05, 3.63) is 119 Å². The summed E-state index contributed by atoms with van der Waals surface area (Å²) < 4.78 is 20.5. The first kappa shape index (κ1) is 39.2. The third-order valence-corrected chi connectivity index (χ3v) is 16.1. The van der Waals surface area contributed by atoms with Crippen molar-refractivity contribution in [3.63, 3.8) is 0 Å². The summed E-state index contributed by atoms with van der Waals surface area (Å²) in [4.78, 5) is 17.1. The van der Waals surface area contributed by atoms with Crippen molar-refractivity contribution in [1.82, 2.24) is 15.0 Å². The maximum Gasteiger partial charge on any atom is 0.264 e. The van der Waals surface area contributed by atoms with Crippen LogP contribution < -0.4 is 19.6 Å². The molecule has 2 aliphatic heterocycles. The number of aliphatic hydroxyl groups excluding tert-OH is 1. The number of methoxy groups -OCH3 is 2. The summed E-state index contributed by atoms with van der Waals surface area (Å²) in [6.45, 7) is 14.4. The molecule has 3 heterocycles. The van der Waals surface area contributed by atoms with Crippen molar-refractivity contribution in [2.24, 2.45) is 5.92 Å². The number of amides is 1. The number of hydrogen-bond acceptors (Lipinski definition) is 7. The van der Waals surface area contributed by atoms with Gasteiger partial charge in [-0.2, -0.15) is 0 Å². The van der Waals surface area contributed by atoms with Gasteiger partial charge in [0.05, 0.1) is 52.3 Å². The monoisotopic (exact) mass is 748 g/mol. The molecule has 0 radical (unpaired) electrons. The maximum absolute atomic E-state index is 15.1. The standard InChI is InChI=1S/C44H56N4O5Si/c1-30(2)13-12-14-31(3)23-26-48-40-22-19-35(52-6)27-38(40)44(43(48)50)32(4)42(54(7,8)36-20-17-34(51-5)18-21-36)41(53-44)24-25-47-28-39(45-46-47)37(29-49)33-15-10-9-11-16-33/h9-11,13,15-23,27-28,32,37,41-42,49H,12,14,24-26,29H2,1-8H3/b31-23+/t32-,37?,41+,42-,44+/m0/s1. The van der Waals surface area contributed by atoms with Gasteiger partial charge in [-0.05, 0) is 81.5 Å². The average molecular weight is 749 g/mol. The van der Waals surface area contributed by atoms with E-state index in [0.29, 0.717) is 25.3 Å². The Morgan fingerprint density at radius 3 is 2.37 bits per heavy atom. The Balaban J connectivity index is 1.36. The Hall–Kier alpha value is -4.51. The number of aliphatic hydroxyl groups is 1. The van der Waals surface area contributed by atoms with Gasteiger partial charge in [-0.15, -0.1) is 5.10 Å². The van der Waals surface area contributed by atoms with Crippen LogP contribution in [-0.4, -0.2) is 67.6 Å². The highest BCUT2D eigenvalue weighted by Crippen LogP contribution is 2.60. The highest BCUT2D eigenvalue weighted by Gasteiger charge is 2.66. The number of allylic oxidation sites excluding steroid dienone is 3. The summed E-state index contributed by atoms with van der Waals surface area (Å²) in [5.74, 6) is 1.10. The molecule has 1 amide bonds. The minimum absolute atomic E-state index is 0.0182. The first-order chi connectivity index (χ1) is 25.9. The Labute approximate surface area is 321 Å². The van der Waals surface area contributed by atoms with Gasteiger partial charge < -0.3 is 24.2 Å². The summed E-state index contributed by atoms with van der Waals surface area (Å²) >= 11 is 0. The first-order valence-corrected chi connectivity index (χ1v) is 22.2. The van der Waals surface area contributed by atoms with Gasteiger partial charge in [0.25, 0.3) is 5.91 Å². The third kappa shape index (κ3) is 7.56. The van der Waals surface area contributed by atoms with Gasteiger partial charge in [0.1, 0.15) is 11.5 Å². The van der Waals surface area contributed by atoms with Gasteiger partial charge in [-0.3, -0.25) is 9.48 Å². The van der Waals surface area contributed by atoms with Gasteiger partial charge in [0.15, 0.2) is 5.60 Å². The molecule has 1 fully saturated rings. The molecule has 9 nitrogen and oxygen atoms in total. The Morgan fingerprint density at radius 1 is 1.00 bits per heavy atom. The minimum atomic E-state index is -2.34. The van der Waals surface area contributed by atoms with E-state index < -0.39 is 13.7 Å². The number of carbonyl (C=O) groups is 1. The third-order valence-electron chi connectivity index (χ3n) is 11.7. The number of ether oxygens (including phenoxy) is 3. The Kier molecular flexibility index (Phi) is 11.9. The molecule has 0 saturated carbocycles. The van der Waals surface area contributed by atoms with E-state index in [-0.39, 0.29) is 36.0 Å². The van der Waals surface area contributed by atoms with Crippen LogP contribution in [0.4, 0.5) is 5.69 Å². The lowest BCUT2D eigenvalue weighted by Gasteiger charge is -2.37. The lowest BCUT2D eigenvalue weighted by Crippen LogP contribution is -2.52. The lowest BCUT2D eigenvalue weighted by molar-refractivity contribution is -0.145. The minimum Gasteiger partial charge on any atom is -0.497 e. The molecule has 286 valence electrons. The van der Waals surface area contributed by atoms with Gasteiger partial charge in [0, 0.05) is 30.8 Å². The summed E-state index contributed by atoms with van der Waals surface area (Å²) in [7, 11) is 1.01. The van der Waals surface area contributed by atoms with Gasteiger partial charge in [0.2, 0.25) is 0 Å². The fourth-order valence-corrected chi connectivity index (χ4v) is 12.8. The smallest absolute Gasteiger partial charge is 0.264 e. The molecule has 1 N–H and O–H groups in total. The van der Waals surface area contributed by atoms with Crippen LogP contribution in [0.2, 0.25) is 18.6 Å². The van der Waals surface area contributed by atoms with Gasteiger partial charge in [-0.25, -0.2) is 0 Å². The highest BCUT2D eigenvalue weighted by atomic mass is 28.3. The van der Waals surface area contributed by atoms with Crippen LogP contribution in [-0.2, 0) is 21.7 Å². The van der Waals surface area contributed by atoms with Crippen LogP contribution in [0.25, 0.3) is 0 Å². The lowest BCUT2D eigenvalue weighted by atomic mass is 9.82. The SMILES string of the molecule is COc1ccc([Si](C)(C)[C@@H]2[C@@H](CCn3cc(C(CO)c4ccccc4)nn3)O[C@]3(C(=O)N(C/C=C(\C)CCC=C(C)C)c4ccc(OC)cc43)[C@H]2C)cc1. The van der Waals surface area contributed by atoms with E-state index in [1.807, 2.05) is 76.4 Å². The summed E-state index contributed by atoms with van der Waals surface area (Å²) in [5.41, 5.74) is 4.92. The van der Waals surface area contributed by atoms with E-state index in [9.17, 15) is 5.11 Å². The zero-order valence-electron chi connectivity index (χ0n) is 33.1. The van der Waals surface area contributed by atoms with Crippen molar-refractivity contribution in [3.8, 4) is 11.5 Å². The normalized spacial score (nSPS) is 21.7. The van der Waals surface area contributed by atoms with E-state index in [2.05, 4.69) is 75.4 Å². The molecule has 0 bridgehead atoms.